The van der Waals surface area contributed by atoms with Gasteiger partial charge in [-0.1, -0.05) is 0 Å². The van der Waals surface area contributed by atoms with Crippen LogP contribution in [0.15, 0.2) is 18.2 Å². The zero-order valence-corrected chi connectivity index (χ0v) is 10.5. The van der Waals surface area contributed by atoms with E-state index in [4.69, 9.17) is 0 Å². The summed E-state index contributed by atoms with van der Waals surface area (Å²) in [5.41, 5.74) is 1.26. The molecule has 1 aromatic rings. The molecule has 1 heterocycles. The lowest BCUT2D eigenvalue weighted by atomic mass is 10.1. The van der Waals surface area contributed by atoms with Gasteiger partial charge in [-0.25, -0.2) is 0 Å². The van der Waals surface area contributed by atoms with Crippen LogP contribution >= 0.6 is 0 Å². The Morgan fingerprint density at radius 2 is 2.32 bits per heavy atom. The van der Waals surface area contributed by atoms with E-state index in [1.807, 2.05) is 0 Å². The molecule has 1 atom stereocenters. The summed E-state index contributed by atoms with van der Waals surface area (Å²) in [6, 6.07) is 4.34. The fraction of sp³-hybridized carbons (Fsp3) is 0.417. The number of benzene rings is 1. The maximum Gasteiger partial charge on any atom is 0.269 e. The molecule has 102 valence electrons. The zero-order valence-electron chi connectivity index (χ0n) is 10.5. The number of likely N-dealkylation sites (N-methyl/N-ethyl adjacent to an activating group) is 1. The van der Waals surface area contributed by atoms with Crippen LogP contribution in [0.2, 0.25) is 0 Å². The van der Waals surface area contributed by atoms with Crippen molar-refractivity contribution in [2.45, 2.75) is 12.5 Å². The van der Waals surface area contributed by atoms with Gasteiger partial charge in [0.15, 0.2) is 0 Å². The van der Waals surface area contributed by atoms with Crippen molar-refractivity contribution in [1.82, 2.24) is 5.32 Å². The Labute approximate surface area is 110 Å². The van der Waals surface area contributed by atoms with E-state index in [0.29, 0.717) is 17.8 Å². The van der Waals surface area contributed by atoms with E-state index in [1.165, 1.54) is 17.0 Å². The molecular weight excluding hydrogens is 250 g/mol. The highest BCUT2D eigenvalue weighted by molar-refractivity contribution is 6.01. The SMILES string of the molecule is CNCC(O)CN1C(=O)Cc2cc([N+](=O)[O-])ccc21. The van der Waals surface area contributed by atoms with Crippen LogP contribution in [-0.4, -0.2) is 42.2 Å². The van der Waals surface area contributed by atoms with Crippen molar-refractivity contribution in [3.63, 3.8) is 0 Å². The average Bonchev–Trinajstić information content (AvgIpc) is 2.65. The number of nitro benzene ring substituents is 1. The highest BCUT2D eigenvalue weighted by Gasteiger charge is 2.30. The minimum atomic E-state index is -0.671. The number of carbonyl (C=O) groups is 1. The lowest BCUT2D eigenvalue weighted by Gasteiger charge is -2.21. The van der Waals surface area contributed by atoms with Gasteiger partial charge in [-0.05, 0) is 18.7 Å². The molecule has 7 nitrogen and oxygen atoms in total. The topological polar surface area (TPSA) is 95.7 Å². The van der Waals surface area contributed by atoms with Crippen LogP contribution < -0.4 is 10.2 Å². The van der Waals surface area contributed by atoms with Crippen molar-refractivity contribution < 1.29 is 14.8 Å². The molecule has 7 heteroatoms. The summed E-state index contributed by atoms with van der Waals surface area (Å²) in [5.74, 6) is -0.148. The zero-order chi connectivity index (χ0) is 14.0. The maximum absolute atomic E-state index is 11.9. The molecule has 0 saturated heterocycles. The number of nitrogens with one attached hydrogen (secondary N) is 1. The number of aliphatic hydroxyl groups is 1. The highest BCUT2D eigenvalue weighted by atomic mass is 16.6. The monoisotopic (exact) mass is 265 g/mol. The molecule has 0 aromatic heterocycles. The van der Waals surface area contributed by atoms with E-state index >= 15 is 0 Å². The summed E-state index contributed by atoms with van der Waals surface area (Å²) in [6.45, 7) is 0.566. The van der Waals surface area contributed by atoms with Gasteiger partial charge in [0.05, 0.1) is 24.0 Å². The molecule has 2 rings (SSSR count). The predicted molar refractivity (Wildman–Crippen MR) is 69.1 cm³/mol. The van der Waals surface area contributed by atoms with Crippen LogP contribution in [0.5, 0.6) is 0 Å². The largest absolute Gasteiger partial charge is 0.390 e. The quantitative estimate of drug-likeness (QED) is 0.580. The number of rotatable bonds is 5. The summed E-state index contributed by atoms with van der Waals surface area (Å²) in [5, 5.41) is 23.2. The number of anilines is 1. The Hall–Kier alpha value is -1.99. The number of amides is 1. The molecule has 0 radical (unpaired) electrons. The fourth-order valence-electron chi connectivity index (χ4n) is 2.19. The fourth-order valence-corrected chi connectivity index (χ4v) is 2.19. The van der Waals surface area contributed by atoms with Crippen LogP contribution in [-0.2, 0) is 11.2 Å². The van der Waals surface area contributed by atoms with Crippen molar-refractivity contribution in [2.75, 3.05) is 25.0 Å². The smallest absolute Gasteiger partial charge is 0.269 e. The van der Waals surface area contributed by atoms with Gasteiger partial charge in [-0.15, -0.1) is 0 Å². The number of carbonyl (C=O) groups excluding carboxylic acids is 1. The second-order valence-corrected chi connectivity index (χ2v) is 4.46. The number of hydrogen-bond acceptors (Lipinski definition) is 5. The van der Waals surface area contributed by atoms with Gasteiger partial charge in [0, 0.05) is 24.4 Å². The number of aliphatic hydroxyl groups excluding tert-OH is 1. The van der Waals surface area contributed by atoms with Crippen LogP contribution in [0.4, 0.5) is 11.4 Å². The Morgan fingerprint density at radius 3 is 2.95 bits per heavy atom. The molecular formula is C12H15N3O4. The summed E-state index contributed by atoms with van der Waals surface area (Å²) in [4.78, 5) is 23.6. The molecule has 0 fully saturated rings. The molecule has 0 saturated carbocycles. The molecule has 1 aromatic carbocycles. The van der Waals surface area contributed by atoms with Gasteiger partial charge in [-0.3, -0.25) is 14.9 Å². The van der Waals surface area contributed by atoms with Gasteiger partial charge in [0.1, 0.15) is 0 Å². The van der Waals surface area contributed by atoms with E-state index in [2.05, 4.69) is 5.32 Å². The number of non-ortho nitro benzene ring substituents is 1. The Balaban J connectivity index is 2.22. The second-order valence-electron chi connectivity index (χ2n) is 4.46. The summed E-state index contributed by atoms with van der Waals surface area (Å²) in [7, 11) is 1.71. The van der Waals surface area contributed by atoms with Crippen LogP contribution in [0, 0.1) is 10.1 Å². The summed E-state index contributed by atoms with van der Waals surface area (Å²) in [6.07, 6.45) is -0.529. The average molecular weight is 265 g/mol. The number of hydrogen-bond donors (Lipinski definition) is 2. The molecule has 0 spiro atoms. The highest BCUT2D eigenvalue weighted by Crippen LogP contribution is 2.31. The third kappa shape index (κ3) is 2.72. The van der Waals surface area contributed by atoms with Crippen LogP contribution in [0.1, 0.15) is 5.56 Å². The number of nitrogens with zero attached hydrogens (tertiary/aromatic N) is 2. The first-order chi connectivity index (χ1) is 9.02. The second kappa shape index (κ2) is 5.33. The van der Waals surface area contributed by atoms with Crippen molar-refractivity contribution >= 4 is 17.3 Å². The minimum absolute atomic E-state index is 0.0239. The van der Waals surface area contributed by atoms with E-state index in [-0.39, 0.29) is 24.6 Å². The number of β-amino-alcohol motifs (C(OH)–C–C–N with tert-alkyl or cyclic N) is 1. The van der Waals surface area contributed by atoms with E-state index in [9.17, 15) is 20.0 Å². The molecule has 1 unspecified atom stereocenters. The first-order valence-electron chi connectivity index (χ1n) is 5.93. The normalized spacial score (nSPS) is 15.5. The van der Waals surface area contributed by atoms with Crippen LogP contribution in [0.3, 0.4) is 0 Å². The van der Waals surface area contributed by atoms with Gasteiger partial charge in [0.2, 0.25) is 5.91 Å². The van der Waals surface area contributed by atoms with Gasteiger partial charge < -0.3 is 15.3 Å². The summed E-state index contributed by atoms with van der Waals surface area (Å²) < 4.78 is 0. The lowest BCUT2D eigenvalue weighted by Crippen LogP contribution is -2.39. The van der Waals surface area contributed by atoms with E-state index in [1.54, 1.807) is 13.1 Å². The first-order valence-corrected chi connectivity index (χ1v) is 5.93. The standard InChI is InChI=1S/C12H15N3O4/c1-13-6-10(16)7-14-11-3-2-9(15(18)19)4-8(11)5-12(14)17/h2-4,10,13,16H,5-7H2,1H3. The van der Waals surface area contributed by atoms with Crippen molar-refractivity contribution in [3.8, 4) is 0 Å². The molecule has 0 bridgehead atoms. The maximum atomic E-state index is 11.9. The number of nitro groups is 1. The third-order valence-electron chi connectivity index (χ3n) is 3.04. The van der Waals surface area contributed by atoms with Gasteiger partial charge >= 0.3 is 0 Å². The van der Waals surface area contributed by atoms with E-state index < -0.39 is 11.0 Å². The minimum Gasteiger partial charge on any atom is -0.390 e. The molecule has 1 aliphatic rings. The lowest BCUT2D eigenvalue weighted by molar-refractivity contribution is -0.384. The Bertz CT molecular complexity index is 518. The first kappa shape index (κ1) is 13.4. The molecule has 1 amide bonds. The Morgan fingerprint density at radius 1 is 1.58 bits per heavy atom. The van der Waals surface area contributed by atoms with Crippen molar-refractivity contribution in [3.05, 3.63) is 33.9 Å². The van der Waals surface area contributed by atoms with Crippen LogP contribution in [0.25, 0.3) is 0 Å². The van der Waals surface area contributed by atoms with Crippen molar-refractivity contribution in [1.29, 1.82) is 0 Å². The summed E-state index contributed by atoms with van der Waals surface area (Å²) >= 11 is 0. The Kier molecular flexibility index (Phi) is 3.77. The number of fused-ring (bicyclic) bond motifs is 1. The third-order valence-corrected chi connectivity index (χ3v) is 3.04. The van der Waals surface area contributed by atoms with Gasteiger partial charge in [-0.2, -0.15) is 0 Å². The molecule has 0 aliphatic carbocycles. The molecule has 2 N–H and O–H groups in total. The van der Waals surface area contributed by atoms with Gasteiger partial charge in [0.25, 0.3) is 5.69 Å². The van der Waals surface area contributed by atoms with E-state index in [0.717, 1.165) is 0 Å². The van der Waals surface area contributed by atoms with Crippen molar-refractivity contribution in [2.24, 2.45) is 0 Å². The molecule has 19 heavy (non-hydrogen) atoms. The predicted octanol–water partition coefficient (Wildman–Crippen LogP) is 0.0642. The molecule has 1 aliphatic heterocycles.